The second kappa shape index (κ2) is 12.5. The third kappa shape index (κ3) is 13.8. The van der Waals surface area contributed by atoms with Crippen LogP contribution in [0.3, 0.4) is 0 Å². The molecule has 18 nitrogen and oxygen atoms in total. The van der Waals surface area contributed by atoms with Gasteiger partial charge in [-0.2, -0.15) is 13.2 Å². The molecule has 0 aromatic carbocycles. The molecule has 35 heavy (non-hydrogen) atoms. The molecule has 0 spiro atoms. The summed E-state index contributed by atoms with van der Waals surface area (Å²) in [6, 6.07) is 0. The smallest absolute Gasteiger partial charge is 0.383 e. The summed E-state index contributed by atoms with van der Waals surface area (Å²) in [6.07, 6.45) is 1.70. The Morgan fingerprint density at radius 1 is 1.00 bits per heavy atom. The maximum Gasteiger partial charge on any atom is 0.492 e. The molecule has 0 atom stereocenters. The third-order valence-corrected chi connectivity index (χ3v) is 8.45. The number of rotatable bonds is 10. The molecule has 2 aromatic rings. The highest BCUT2D eigenvalue weighted by molar-refractivity contribution is 7.66. The van der Waals surface area contributed by atoms with Gasteiger partial charge in [-0.3, -0.25) is 4.52 Å². The Hall–Kier alpha value is -0.970. The highest BCUT2D eigenvalue weighted by Crippen LogP contribution is 2.67. The fourth-order valence-electron chi connectivity index (χ4n) is 2.24. The number of thiazole rings is 1. The summed E-state index contributed by atoms with van der Waals surface area (Å²) in [7, 11) is -20.7. The van der Waals surface area contributed by atoms with Crippen molar-refractivity contribution in [2.24, 2.45) is 0 Å². The molecule has 200 valence electrons. The molecular formula is C12H23N4O14P4S+. The van der Waals surface area contributed by atoms with Gasteiger partial charge in [0.25, 0.3) is 0 Å². The SMILES string of the molecule is Cc1ncc(C[n+]2csc(CCOP(=O)(OP(=O)(O)O)OP(=O)(O)O)c2C)c(N)n1.O=P(O)(O)O. The summed E-state index contributed by atoms with van der Waals surface area (Å²) in [5.41, 5.74) is 9.15. The number of nitrogen functional groups attached to an aromatic ring is 1. The molecule has 2 heterocycles. The summed E-state index contributed by atoms with van der Waals surface area (Å²) in [4.78, 5) is 65.6. The Balaban J connectivity index is 0.00000111. The van der Waals surface area contributed by atoms with E-state index in [1.54, 1.807) is 25.6 Å². The first-order valence-electron chi connectivity index (χ1n) is 8.78. The van der Waals surface area contributed by atoms with Gasteiger partial charge in [-0.15, -0.1) is 0 Å². The summed E-state index contributed by atoms with van der Waals surface area (Å²) < 4.78 is 57.1. The lowest BCUT2D eigenvalue weighted by molar-refractivity contribution is -0.689. The molecule has 0 radical (unpaired) electrons. The van der Waals surface area contributed by atoms with E-state index in [0.29, 0.717) is 23.8 Å². The number of aromatic nitrogens is 3. The Labute approximate surface area is 201 Å². The molecule has 0 aliphatic heterocycles. The first kappa shape index (κ1) is 32.1. The monoisotopic (exact) mass is 603 g/mol. The van der Waals surface area contributed by atoms with Crippen molar-refractivity contribution in [3.05, 3.63) is 33.7 Å². The van der Waals surface area contributed by atoms with Crippen molar-refractivity contribution in [2.75, 3.05) is 12.3 Å². The van der Waals surface area contributed by atoms with Gasteiger partial charge < -0.3 is 40.0 Å². The first-order chi connectivity index (χ1) is 15.7. The molecule has 0 amide bonds. The number of aryl methyl sites for hydroxylation is 1. The minimum Gasteiger partial charge on any atom is -0.383 e. The lowest BCUT2D eigenvalue weighted by atomic mass is 10.2. The van der Waals surface area contributed by atoms with Crippen LogP contribution in [-0.4, -0.2) is 50.8 Å². The Kier molecular flexibility index (Phi) is 11.5. The summed E-state index contributed by atoms with van der Waals surface area (Å²) in [5, 5.41) is 0. The number of phosphoric acid groups is 4. The van der Waals surface area contributed by atoms with Crippen LogP contribution in [0.2, 0.25) is 0 Å². The van der Waals surface area contributed by atoms with Crippen LogP contribution in [0.15, 0.2) is 11.7 Å². The summed E-state index contributed by atoms with van der Waals surface area (Å²) >= 11 is 1.30. The molecule has 0 aliphatic rings. The minimum absolute atomic E-state index is 0.0857. The van der Waals surface area contributed by atoms with Crippen LogP contribution in [0.1, 0.15) is 22.0 Å². The standard InChI is InChI=1S/C12H19N4O10P3S.H3O4P/c1-8-11(30-7-16(8)6-10-5-14-9(2)15-12(10)13)3-4-24-29(23,25-27(17,18)19)26-28(20,21)22;1-5(2,3)4/h5,7H,3-4,6H2,1-2H3,(H5-,13,14,15,17,18,19,20,21,22);(H3,1,2,3,4)/p+1. The van der Waals surface area contributed by atoms with Crippen molar-refractivity contribution in [3.8, 4) is 0 Å². The zero-order valence-corrected chi connectivity index (χ0v) is 22.3. The van der Waals surface area contributed by atoms with Crippen LogP contribution < -0.4 is 10.3 Å². The molecule has 23 heteroatoms. The second-order valence-corrected chi connectivity index (χ2v) is 12.8. The fraction of sp³-hybridized carbons (Fsp3) is 0.417. The van der Waals surface area contributed by atoms with Gasteiger partial charge in [0.05, 0.1) is 17.0 Å². The topological polar surface area (TPSA) is 293 Å². The van der Waals surface area contributed by atoms with Crippen molar-refractivity contribution in [1.29, 1.82) is 0 Å². The molecule has 0 bridgehead atoms. The van der Waals surface area contributed by atoms with E-state index in [-0.39, 0.29) is 6.42 Å². The lowest BCUT2D eigenvalue weighted by Gasteiger charge is -2.17. The van der Waals surface area contributed by atoms with E-state index in [1.165, 1.54) is 11.3 Å². The van der Waals surface area contributed by atoms with E-state index in [2.05, 4.69) is 23.1 Å². The van der Waals surface area contributed by atoms with Crippen molar-refractivity contribution < 1.29 is 70.2 Å². The van der Waals surface area contributed by atoms with E-state index in [4.69, 9.17) is 44.6 Å². The molecule has 0 aliphatic carbocycles. The molecule has 9 N–H and O–H groups in total. The minimum atomic E-state index is -5.42. The largest absolute Gasteiger partial charge is 0.492 e. The molecule has 0 saturated carbocycles. The average molecular weight is 603 g/mol. The molecule has 0 fully saturated rings. The van der Waals surface area contributed by atoms with Gasteiger partial charge in [0.1, 0.15) is 11.6 Å². The fourth-order valence-corrected chi connectivity index (χ4v) is 6.38. The maximum absolute atomic E-state index is 12.2. The molecule has 0 saturated heterocycles. The molecular weight excluding hydrogens is 580 g/mol. The Bertz CT molecular complexity index is 1170. The quantitative estimate of drug-likeness (QED) is 0.131. The van der Waals surface area contributed by atoms with E-state index in [1.807, 2.05) is 4.57 Å². The van der Waals surface area contributed by atoms with Crippen LogP contribution in [0.5, 0.6) is 0 Å². The Morgan fingerprint density at radius 3 is 1.97 bits per heavy atom. The van der Waals surface area contributed by atoms with Crippen molar-refractivity contribution in [3.63, 3.8) is 0 Å². The highest BCUT2D eigenvalue weighted by atomic mass is 32.1. The average Bonchev–Trinajstić information content (AvgIpc) is 2.92. The second-order valence-electron chi connectivity index (χ2n) is 6.38. The number of hydrogen-bond acceptors (Lipinski definition) is 11. The van der Waals surface area contributed by atoms with Crippen molar-refractivity contribution in [1.82, 2.24) is 9.97 Å². The lowest BCUT2D eigenvalue weighted by Crippen LogP contribution is -2.35. The van der Waals surface area contributed by atoms with E-state index in [9.17, 15) is 13.7 Å². The number of hydrogen-bond donors (Lipinski definition) is 8. The maximum atomic E-state index is 12.2. The first-order valence-corrected chi connectivity index (χ1v) is 15.7. The normalized spacial score (nSPS) is 12.8. The van der Waals surface area contributed by atoms with Gasteiger partial charge in [0.2, 0.25) is 5.51 Å². The van der Waals surface area contributed by atoms with Crippen molar-refractivity contribution in [2.45, 2.75) is 26.8 Å². The molecule has 2 rings (SSSR count). The van der Waals surface area contributed by atoms with Gasteiger partial charge in [0.15, 0.2) is 12.2 Å². The number of nitrogens with two attached hydrogens (primary N) is 1. The zero-order chi connectivity index (χ0) is 27.2. The van der Waals surface area contributed by atoms with Gasteiger partial charge in [-0.25, -0.2) is 28.2 Å². The van der Waals surface area contributed by atoms with Crippen LogP contribution in [0.4, 0.5) is 5.82 Å². The van der Waals surface area contributed by atoms with E-state index < -0.39 is 37.9 Å². The van der Waals surface area contributed by atoms with E-state index in [0.717, 1.165) is 10.6 Å². The van der Waals surface area contributed by atoms with Gasteiger partial charge in [-0.1, -0.05) is 11.3 Å². The summed E-state index contributed by atoms with van der Waals surface area (Å²) in [6.45, 7) is 3.42. The van der Waals surface area contributed by atoms with Crippen LogP contribution in [0.25, 0.3) is 0 Å². The predicted octanol–water partition coefficient (Wildman–Crippen LogP) is 0.0301. The van der Waals surface area contributed by atoms with Gasteiger partial charge in [-0.05, 0) is 6.92 Å². The van der Waals surface area contributed by atoms with Crippen LogP contribution >= 0.6 is 42.6 Å². The van der Waals surface area contributed by atoms with Gasteiger partial charge >= 0.3 is 31.3 Å². The highest BCUT2D eigenvalue weighted by Gasteiger charge is 2.42. The summed E-state index contributed by atoms with van der Waals surface area (Å²) in [5.74, 6) is 0.885. The zero-order valence-electron chi connectivity index (χ0n) is 17.9. The number of nitrogens with zero attached hydrogens (tertiary/aromatic N) is 3. The van der Waals surface area contributed by atoms with Crippen LogP contribution in [-0.2, 0) is 44.4 Å². The van der Waals surface area contributed by atoms with Crippen molar-refractivity contribution >= 4 is 48.4 Å². The predicted molar refractivity (Wildman–Crippen MR) is 117 cm³/mol. The van der Waals surface area contributed by atoms with Gasteiger partial charge in [0, 0.05) is 19.5 Å². The third-order valence-electron chi connectivity index (χ3n) is 3.51. The number of anilines is 1. The van der Waals surface area contributed by atoms with E-state index >= 15 is 0 Å². The molecule has 2 aromatic heterocycles. The Morgan fingerprint density at radius 2 is 1.51 bits per heavy atom. The van der Waals surface area contributed by atoms with Crippen LogP contribution in [0, 0.1) is 13.8 Å². The molecule has 0 unspecified atom stereocenters.